The van der Waals surface area contributed by atoms with Gasteiger partial charge in [0, 0.05) is 6.54 Å². The van der Waals surface area contributed by atoms with E-state index >= 15 is 0 Å². The van der Waals surface area contributed by atoms with E-state index in [2.05, 4.69) is 15.2 Å². The van der Waals surface area contributed by atoms with Crippen molar-refractivity contribution in [3.05, 3.63) is 32.0 Å². The number of ether oxygens (including phenoxy) is 1. The molecule has 0 bridgehead atoms. The lowest BCUT2D eigenvalue weighted by molar-refractivity contribution is -0.0266. The number of carbonyl (C=O) groups excluding carboxylic acids is 1. The molecule has 6 nitrogen and oxygen atoms in total. The summed E-state index contributed by atoms with van der Waals surface area (Å²) < 4.78 is 6.54. The molecule has 0 spiro atoms. The third-order valence-electron chi connectivity index (χ3n) is 3.14. The Labute approximate surface area is 135 Å². The van der Waals surface area contributed by atoms with Crippen molar-refractivity contribution in [1.29, 1.82) is 0 Å². The second kappa shape index (κ2) is 5.92. The summed E-state index contributed by atoms with van der Waals surface area (Å²) in [5, 5.41) is 6.86. The van der Waals surface area contributed by atoms with E-state index in [1.807, 2.05) is 6.92 Å². The first-order chi connectivity index (χ1) is 10.0. The highest BCUT2D eigenvalue weighted by Crippen LogP contribution is 2.32. The zero-order chi connectivity index (χ0) is 15.0. The van der Waals surface area contributed by atoms with Gasteiger partial charge in [-0.25, -0.2) is 4.98 Å². The van der Waals surface area contributed by atoms with Gasteiger partial charge in [0.05, 0.1) is 23.1 Å². The van der Waals surface area contributed by atoms with E-state index in [0.29, 0.717) is 45.6 Å². The summed E-state index contributed by atoms with van der Waals surface area (Å²) in [6.45, 7) is 3.14. The van der Waals surface area contributed by atoms with Crippen LogP contribution in [0.3, 0.4) is 0 Å². The van der Waals surface area contributed by atoms with Gasteiger partial charge in [-0.1, -0.05) is 23.2 Å². The average molecular weight is 347 g/mol. The SMILES string of the molecule is Cc1nc(C2CN(C(=O)c3cc(Cl)sc3Cl)CCO2)n[nH]1. The van der Waals surface area contributed by atoms with Crippen LogP contribution in [-0.4, -0.2) is 45.7 Å². The maximum Gasteiger partial charge on any atom is 0.256 e. The number of morpholine rings is 1. The van der Waals surface area contributed by atoms with Crippen molar-refractivity contribution in [2.75, 3.05) is 19.7 Å². The molecule has 3 heterocycles. The molecule has 0 saturated carbocycles. The number of H-pyrrole nitrogens is 1. The van der Waals surface area contributed by atoms with Gasteiger partial charge in [0.15, 0.2) is 5.82 Å². The number of halogens is 2. The quantitative estimate of drug-likeness (QED) is 0.907. The molecule has 2 aromatic heterocycles. The Bertz CT molecular complexity index is 672. The summed E-state index contributed by atoms with van der Waals surface area (Å²) in [6.07, 6.45) is -0.333. The number of carbonyl (C=O) groups is 1. The molecule has 21 heavy (non-hydrogen) atoms. The third kappa shape index (κ3) is 3.06. The lowest BCUT2D eigenvalue weighted by Crippen LogP contribution is -2.42. The minimum atomic E-state index is -0.333. The van der Waals surface area contributed by atoms with Gasteiger partial charge in [-0.3, -0.25) is 9.89 Å². The molecule has 0 radical (unpaired) electrons. The average Bonchev–Trinajstić information content (AvgIpc) is 3.04. The van der Waals surface area contributed by atoms with Crippen molar-refractivity contribution in [3.8, 4) is 0 Å². The Morgan fingerprint density at radius 3 is 3.00 bits per heavy atom. The molecule has 1 aliphatic heterocycles. The molecule has 1 N–H and O–H groups in total. The number of nitrogens with zero attached hydrogens (tertiary/aromatic N) is 3. The maximum atomic E-state index is 12.5. The van der Waals surface area contributed by atoms with Crippen molar-refractivity contribution >= 4 is 40.4 Å². The van der Waals surface area contributed by atoms with Crippen molar-refractivity contribution in [2.45, 2.75) is 13.0 Å². The monoisotopic (exact) mass is 346 g/mol. The topological polar surface area (TPSA) is 71.1 Å². The minimum Gasteiger partial charge on any atom is -0.366 e. The van der Waals surface area contributed by atoms with Crippen molar-refractivity contribution in [1.82, 2.24) is 20.1 Å². The van der Waals surface area contributed by atoms with E-state index in [9.17, 15) is 4.79 Å². The Morgan fingerprint density at radius 2 is 2.38 bits per heavy atom. The van der Waals surface area contributed by atoms with Crippen LogP contribution >= 0.6 is 34.5 Å². The molecular formula is C12H12Cl2N4O2S. The van der Waals surface area contributed by atoms with Gasteiger partial charge < -0.3 is 9.64 Å². The lowest BCUT2D eigenvalue weighted by Gasteiger charge is -2.31. The number of aromatic nitrogens is 3. The zero-order valence-electron chi connectivity index (χ0n) is 11.1. The van der Waals surface area contributed by atoms with Crippen LogP contribution in [0.5, 0.6) is 0 Å². The lowest BCUT2D eigenvalue weighted by atomic mass is 10.2. The normalized spacial score (nSPS) is 19.0. The minimum absolute atomic E-state index is 0.149. The molecule has 1 fully saturated rings. The molecule has 3 rings (SSSR count). The second-order valence-electron chi connectivity index (χ2n) is 4.63. The molecule has 1 amide bonds. The fourth-order valence-electron chi connectivity index (χ4n) is 2.15. The van der Waals surface area contributed by atoms with Gasteiger partial charge in [0.1, 0.15) is 16.3 Å². The van der Waals surface area contributed by atoms with E-state index < -0.39 is 0 Å². The molecule has 112 valence electrons. The number of hydrogen-bond donors (Lipinski definition) is 1. The summed E-state index contributed by atoms with van der Waals surface area (Å²) >= 11 is 13.1. The first-order valence-electron chi connectivity index (χ1n) is 6.29. The number of hydrogen-bond acceptors (Lipinski definition) is 5. The highest BCUT2D eigenvalue weighted by atomic mass is 35.5. The van der Waals surface area contributed by atoms with E-state index in [0.717, 1.165) is 0 Å². The van der Waals surface area contributed by atoms with Gasteiger partial charge >= 0.3 is 0 Å². The molecule has 0 aliphatic carbocycles. The van der Waals surface area contributed by atoms with Crippen LogP contribution in [0.25, 0.3) is 0 Å². The van der Waals surface area contributed by atoms with Gasteiger partial charge in [0.25, 0.3) is 5.91 Å². The summed E-state index contributed by atoms with van der Waals surface area (Å²) in [5.74, 6) is 1.12. The van der Waals surface area contributed by atoms with Gasteiger partial charge in [-0.05, 0) is 13.0 Å². The Balaban J connectivity index is 1.77. The van der Waals surface area contributed by atoms with Crippen LogP contribution in [0.4, 0.5) is 0 Å². The molecule has 1 unspecified atom stereocenters. The second-order valence-corrected chi connectivity index (χ2v) is 6.91. The van der Waals surface area contributed by atoms with Crippen LogP contribution in [0.2, 0.25) is 8.67 Å². The van der Waals surface area contributed by atoms with Gasteiger partial charge in [-0.15, -0.1) is 11.3 Å². The molecule has 2 aromatic rings. The highest BCUT2D eigenvalue weighted by Gasteiger charge is 2.30. The van der Waals surface area contributed by atoms with E-state index in [4.69, 9.17) is 27.9 Å². The molecular weight excluding hydrogens is 335 g/mol. The number of aromatic amines is 1. The fourth-order valence-corrected chi connectivity index (χ4v) is 3.60. The fraction of sp³-hybridized carbons (Fsp3) is 0.417. The molecule has 9 heteroatoms. The van der Waals surface area contributed by atoms with Crippen LogP contribution in [0.1, 0.15) is 28.1 Å². The predicted octanol–water partition coefficient (Wildman–Crippen LogP) is 2.70. The first-order valence-corrected chi connectivity index (χ1v) is 7.86. The van der Waals surface area contributed by atoms with Crippen LogP contribution in [0.15, 0.2) is 6.07 Å². The van der Waals surface area contributed by atoms with Gasteiger partial charge in [-0.2, -0.15) is 5.10 Å². The number of aryl methyl sites for hydroxylation is 1. The summed E-state index contributed by atoms with van der Waals surface area (Å²) in [6, 6.07) is 1.60. The zero-order valence-corrected chi connectivity index (χ0v) is 13.4. The molecule has 0 aromatic carbocycles. The van der Waals surface area contributed by atoms with E-state index in [-0.39, 0.29) is 12.0 Å². The van der Waals surface area contributed by atoms with Gasteiger partial charge in [0.2, 0.25) is 0 Å². The Morgan fingerprint density at radius 1 is 1.57 bits per heavy atom. The van der Waals surface area contributed by atoms with Crippen molar-refractivity contribution < 1.29 is 9.53 Å². The predicted molar refractivity (Wildman–Crippen MR) is 80.1 cm³/mol. The standard InChI is InChI=1S/C12H12Cl2N4O2S/c1-6-15-11(17-16-6)8-5-18(2-3-20-8)12(19)7-4-9(13)21-10(7)14/h4,8H,2-3,5H2,1H3,(H,15,16,17). The Hall–Kier alpha value is -1.15. The van der Waals surface area contributed by atoms with Crippen LogP contribution < -0.4 is 0 Å². The summed E-state index contributed by atoms with van der Waals surface area (Å²) in [4.78, 5) is 18.4. The molecule has 1 atom stereocenters. The Kier molecular flexibility index (Phi) is 4.17. The first kappa shape index (κ1) is 14.8. The van der Waals surface area contributed by atoms with Crippen molar-refractivity contribution in [2.24, 2.45) is 0 Å². The summed E-state index contributed by atoms with van der Waals surface area (Å²) in [7, 11) is 0. The smallest absolute Gasteiger partial charge is 0.256 e. The van der Waals surface area contributed by atoms with E-state index in [1.54, 1.807) is 11.0 Å². The number of thiophene rings is 1. The molecule has 1 saturated heterocycles. The van der Waals surface area contributed by atoms with Crippen LogP contribution in [0, 0.1) is 6.92 Å². The highest BCUT2D eigenvalue weighted by molar-refractivity contribution is 7.20. The summed E-state index contributed by atoms with van der Waals surface area (Å²) in [5.41, 5.74) is 0.429. The van der Waals surface area contributed by atoms with E-state index in [1.165, 1.54) is 11.3 Å². The van der Waals surface area contributed by atoms with Crippen molar-refractivity contribution in [3.63, 3.8) is 0 Å². The number of amides is 1. The van der Waals surface area contributed by atoms with Crippen LogP contribution in [-0.2, 0) is 4.74 Å². The number of nitrogens with one attached hydrogen (secondary N) is 1. The largest absolute Gasteiger partial charge is 0.366 e. The number of rotatable bonds is 2. The maximum absolute atomic E-state index is 12.5. The third-order valence-corrected chi connectivity index (χ3v) is 4.63. The molecule has 1 aliphatic rings.